The Hall–Kier alpha value is -1.68. The molecule has 1 saturated heterocycles. The Morgan fingerprint density at radius 2 is 1.81 bits per heavy atom. The van der Waals surface area contributed by atoms with Crippen LogP contribution in [0.1, 0.15) is 30.9 Å². The predicted molar refractivity (Wildman–Crippen MR) is 109 cm³/mol. The minimum absolute atomic E-state index is 0.296. The van der Waals surface area contributed by atoms with Crippen molar-refractivity contribution in [2.45, 2.75) is 39.3 Å². The average Bonchev–Trinajstić information content (AvgIpc) is 2.64. The number of β-amino-alcohol motifs (C(OH)–C–C–N with tert-alkyl or cyclic N) is 1. The Balaban J connectivity index is 1.42. The molecule has 2 aromatic carbocycles. The second-order valence-electron chi connectivity index (χ2n) is 7.83. The van der Waals surface area contributed by atoms with Gasteiger partial charge in [-0.3, -0.25) is 0 Å². The van der Waals surface area contributed by atoms with Gasteiger partial charge in [-0.05, 0) is 55.5 Å². The smallest absolute Gasteiger partial charge is 0.0791 e. The molecule has 3 nitrogen and oxygen atoms in total. The third-order valence-electron chi connectivity index (χ3n) is 5.36. The summed E-state index contributed by atoms with van der Waals surface area (Å²) in [6, 6.07) is 17.3. The zero-order valence-corrected chi connectivity index (χ0v) is 16.1. The Morgan fingerprint density at radius 1 is 1.08 bits per heavy atom. The fourth-order valence-corrected chi connectivity index (χ4v) is 3.63. The lowest BCUT2D eigenvalue weighted by atomic mass is 9.99. The molecule has 0 saturated carbocycles. The van der Waals surface area contributed by atoms with Gasteiger partial charge in [-0.15, -0.1) is 0 Å². The van der Waals surface area contributed by atoms with Crippen LogP contribution in [0.2, 0.25) is 0 Å². The zero-order valence-electron chi connectivity index (χ0n) is 16.1. The first-order chi connectivity index (χ1) is 12.6. The van der Waals surface area contributed by atoms with Gasteiger partial charge in [0.15, 0.2) is 0 Å². The highest BCUT2D eigenvalue weighted by Crippen LogP contribution is 2.21. The van der Waals surface area contributed by atoms with Gasteiger partial charge in [0.1, 0.15) is 0 Å². The third-order valence-corrected chi connectivity index (χ3v) is 5.36. The number of hydrogen-bond donors (Lipinski definition) is 2. The van der Waals surface area contributed by atoms with Gasteiger partial charge in [0.25, 0.3) is 0 Å². The molecule has 2 N–H and O–H groups in total. The van der Waals surface area contributed by atoms with Crippen molar-refractivity contribution in [1.29, 1.82) is 0 Å². The fourth-order valence-electron chi connectivity index (χ4n) is 3.63. The lowest BCUT2D eigenvalue weighted by molar-refractivity contribution is 0.0907. The first-order valence-electron chi connectivity index (χ1n) is 9.87. The van der Waals surface area contributed by atoms with Gasteiger partial charge < -0.3 is 15.3 Å². The van der Waals surface area contributed by atoms with Crippen LogP contribution in [0.3, 0.4) is 0 Å². The van der Waals surface area contributed by atoms with E-state index in [-0.39, 0.29) is 6.10 Å². The summed E-state index contributed by atoms with van der Waals surface area (Å²) in [6.45, 7) is 8.91. The fraction of sp³-hybridized carbons (Fsp3) is 0.478. The summed E-state index contributed by atoms with van der Waals surface area (Å²) in [6.07, 6.45) is 2.22. The van der Waals surface area contributed by atoms with Crippen molar-refractivity contribution in [1.82, 2.24) is 10.2 Å². The van der Waals surface area contributed by atoms with Crippen molar-refractivity contribution >= 4 is 0 Å². The SMILES string of the molecule is Cc1cccc(-c2ccc(CNCC(O)CN3CCC(C)CC3)cc2)c1. The van der Waals surface area contributed by atoms with Crippen molar-refractivity contribution < 1.29 is 5.11 Å². The maximum Gasteiger partial charge on any atom is 0.0791 e. The van der Waals surface area contributed by atoms with Gasteiger partial charge in [-0.2, -0.15) is 0 Å². The molecule has 3 rings (SSSR count). The number of benzene rings is 2. The highest BCUT2D eigenvalue weighted by atomic mass is 16.3. The van der Waals surface area contributed by atoms with Crippen molar-refractivity contribution in [2.75, 3.05) is 26.2 Å². The Labute approximate surface area is 158 Å². The van der Waals surface area contributed by atoms with Crippen LogP contribution in [-0.2, 0) is 6.54 Å². The number of nitrogens with one attached hydrogen (secondary N) is 1. The molecule has 0 radical (unpaired) electrons. The number of rotatable bonds is 7. The topological polar surface area (TPSA) is 35.5 Å². The molecule has 0 spiro atoms. The molecule has 140 valence electrons. The Bertz CT molecular complexity index is 675. The molecule has 2 aromatic rings. The summed E-state index contributed by atoms with van der Waals surface area (Å²) in [5.41, 5.74) is 5.04. The number of piperidine rings is 1. The van der Waals surface area contributed by atoms with Crippen molar-refractivity contribution in [3.8, 4) is 11.1 Å². The average molecular weight is 353 g/mol. The predicted octanol–water partition coefficient (Wildman–Crippen LogP) is 3.84. The monoisotopic (exact) mass is 352 g/mol. The van der Waals surface area contributed by atoms with E-state index in [4.69, 9.17) is 0 Å². The number of aliphatic hydroxyl groups excluding tert-OH is 1. The van der Waals surface area contributed by atoms with Crippen LogP contribution in [0.5, 0.6) is 0 Å². The van der Waals surface area contributed by atoms with Crippen molar-refractivity contribution in [2.24, 2.45) is 5.92 Å². The molecule has 1 aliphatic heterocycles. The summed E-state index contributed by atoms with van der Waals surface area (Å²) in [5, 5.41) is 13.7. The minimum atomic E-state index is -0.296. The van der Waals surface area contributed by atoms with E-state index in [1.54, 1.807) is 0 Å². The second kappa shape index (κ2) is 9.31. The van der Waals surface area contributed by atoms with Gasteiger partial charge in [-0.25, -0.2) is 0 Å². The standard InChI is InChI=1S/C23H32N2O/c1-18-10-12-25(13-11-18)17-23(26)16-24-15-20-6-8-21(9-7-20)22-5-3-4-19(2)14-22/h3-9,14,18,23-24,26H,10-13,15-17H2,1-2H3. The van der Waals surface area contributed by atoms with Crippen LogP contribution in [0.4, 0.5) is 0 Å². The Morgan fingerprint density at radius 3 is 2.50 bits per heavy atom. The molecule has 1 heterocycles. The van der Waals surface area contributed by atoms with Gasteiger partial charge in [-0.1, -0.05) is 61.0 Å². The van der Waals surface area contributed by atoms with Gasteiger partial charge in [0, 0.05) is 19.6 Å². The quantitative estimate of drug-likeness (QED) is 0.795. The number of hydrogen-bond acceptors (Lipinski definition) is 3. The van der Waals surface area contributed by atoms with Crippen LogP contribution >= 0.6 is 0 Å². The second-order valence-corrected chi connectivity index (χ2v) is 7.83. The maximum atomic E-state index is 10.3. The zero-order chi connectivity index (χ0) is 18.4. The van der Waals surface area contributed by atoms with E-state index in [1.165, 1.54) is 35.1 Å². The number of aryl methyl sites for hydroxylation is 1. The molecule has 26 heavy (non-hydrogen) atoms. The number of nitrogens with zero attached hydrogens (tertiary/aromatic N) is 1. The summed E-state index contributed by atoms with van der Waals surface area (Å²) < 4.78 is 0. The van der Waals surface area contributed by atoms with E-state index in [9.17, 15) is 5.11 Å². The van der Waals surface area contributed by atoms with Crippen LogP contribution in [0, 0.1) is 12.8 Å². The van der Waals surface area contributed by atoms with E-state index in [0.29, 0.717) is 6.54 Å². The van der Waals surface area contributed by atoms with E-state index in [0.717, 1.165) is 32.1 Å². The molecule has 0 bridgehead atoms. The molecule has 1 atom stereocenters. The van der Waals surface area contributed by atoms with Crippen LogP contribution in [0.15, 0.2) is 48.5 Å². The van der Waals surface area contributed by atoms with E-state index < -0.39 is 0 Å². The lowest BCUT2D eigenvalue weighted by Crippen LogP contribution is -2.41. The third kappa shape index (κ3) is 5.66. The lowest BCUT2D eigenvalue weighted by Gasteiger charge is -2.31. The van der Waals surface area contributed by atoms with E-state index >= 15 is 0 Å². The van der Waals surface area contributed by atoms with E-state index in [2.05, 4.69) is 72.6 Å². The molecular formula is C23H32N2O. The van der Waals surface area contributed by atoms with Gasteiger partial charge in [0.05, 0.1) is 6.10 Å². The van der Waals surface area contributed by atoms with Crippen LogP contribution in [-0.4, -0.2) is 42.3 Å². The Kier molecular flexibility index (Phi) is 6.84. The summed E-state index contributed by atoms with van der Waals surface area (Å²) in [7, 11) is 0. The molecule has 1 fully saturated rings. The molecule has 1 aliphatic rings. The molecule has 1 unspecified atom stereocenters. The number of aliphatic hydroxyl groups is 1. The molecular weight excluding hydrogens is 320 g/mol. The number of likely N-dealkylation sites (tertiary alicyclic amines) is 1. The maximum absolute atomic E-state index is 10.3. The van der Waals surface area contributed by atoms with Gasteiger partial charge >= 0.3 is 0 Å². The molecule has 0 aliphatic carbocycles. The molecule has 0 aromatic heterocycles. The normalized spacial score (nSPS) is 17.3. The molecule has 3 heteroatoms. The van der Waals surface area contributed by atoms with E-state index in [1.807, 2.05) is 0 Å². The summed E-state index contributed by atoms with van der Waals surface area (Å²) in [4.78, 5) is 2.39. The highest BCUT2D eigenvalue weighted by Gasteiger charge is 2.17. The first kappa shape index (κ1) is 19.1. The van der Waals surface area contributed by atoms with Crippen LogP contribution < -0.4 is 5.32 Å². The largest absolute Gasteiger partial charge is 0.390 e. The summed E-state index contributed by atoms with van der Waals surface area (Å²) >= 11 is 0. The highest BCUT2D eigenvalue weighted by molar-refractivity contribution is 5.64. The van der Waals surface area contributed by atoms with Crippen LogP contribution in [0.25, 0.3) is 11.1 Å². The minimum Gasteiger partial charge on any atom is -0.390 e. The van der Waals surface area contributed by atoms with Crippen molar-refractivity contribution in [3.05, 3.63) is 59.7 Å². The van der Waals surface area contributed by atoms with Crippen molar-refractivity contribution in [3.63, 3.8) is 0 Å². The first-order valence-corrected chi connectivity index (χ1v) is 9.87. The summed E-state index contributed by atoms with van der Waals surface area (Å²) in [5.74, 6) is 0.837. The van der Waals surface area contributed by atoms with Gasteiger partial charge in [0.2, 0.25) is 0 Å². The molecule has 0 amide bonds.